The van der Waals surface area contributed by atoms with E-state index in [9.17, 15) is 4.79 Å². The van der Waals surface area contributed by atoms with Gasteiger partial charge in [0.2, 0.25) is 0 Å². The summed E-state index contributed by atoms with van der Waals surface area (Å²) in [7, 11) is 0. The van der Waals surface area contributed by atoms with E-state index in [0.717, 1.165) is 11.3 Å². The average molecular weight is 266 g/mol. The highest BCUT2D eigenvalue weighted by atomic mass is 32.1. The highest BCUT2D eigenvalue weighted by molar-refractivity contribution is 7.13. The van der Waals surface area contributed by atoms with E-state index in [1.165, 1.54) is 11.3 Å². The van der Waals surface area contributed by atoms with Crippen LogP contribution in [-0.2, 0) is 11.3 Å². The lowest BCUT2D eigenvalue weighted by molar-refractivity contribution is 0.0520. The van der Waals surface area contributed by atoms with Crippen LogP contribution in [0.5, 0.6) is 0 Å². The van der Waals surface area contributed by atoms with Crippen LogP contribution in [0.2, 0.25) is 0 Å². The van der Waals surface area contributed by atoms with Crippen molar-refractivity contribution in [3.05, 3.63) is 28.5 Å². The Labute approximate surface area is 108 Å². The van der Waals surface area contributed by atoms with Gasteiger partial charge in [-0.2, -0.15) is 5.10 Å². The van der Waals surface area contributed by atoms with E-state index in [4.69, 9.17) is 4.74 Å². The summed E-state index contributed by atoms with van der Waals surface area (Å²) in [4.78, 5) is 15.6. The van der Waals surface area contributed by atoms with Gasteiger partial charge in [-0.15, -0.1) is 11.3 Å². The van der Waals surface area contributed by atoms with E-state index in [2.05, 4.69) is 20.5 Å². The van der Waals surface area contributed by atoms with Crippen LogP contribution in [0.1, 0.15) is 28.7 Å². The highest BCUT2D eigenvalue weighted by Crippen LogP contribution is 2.17. The average Bonchev–Trinajstić information content (AvgIpc) is 2.96. The second-order valence-corrected chi connectivity index (χ2v) is 4.49. The molecule has 0 spiro atoms. The number of aryl methyl sites for hydroxylation is 1. The summed E-state index contributed by atoms with van der Waals surface area (Å²) in [6.07, 6.45) is 1.77. The molecule has 0 amide bonds. The predicted molar refractivity (Wildman–Crippen MR) is 68.7 cm³/mol. The lowest BCUT2D eigenvalue weighted by Gasteiger charge is -2.00. The molecule has 0 unspecified atom stereocenters. The van der Waals surface area contributed by atoms with Gasteiger partial charge in [0.1, 0.15) is 0 Å². The van der Waals surface area contributed by atoms with Crippen LogP contribution in [0.3, 0.4) is 0 Å². The maximum Gasteiger partial charge on any atom is 0.357 e. The second-order valence-electron chi connectivity index (χ2n) is 3.63. The van der Waals surface area contributed by atoms with E-state index in [-0.39, 0.29) is 5.97 Å². The van der Waals surface area contributed by atoms with Crippen LogP contribution in [0, 0.1) is 6.92 Å². The van der Waals surface area contributed by atoms with Crippen molar-refractivity contribution < 1.29 is 9.53 Å². The Morgan fingerprint density at radius 1 is 1.61 bits per heavy atom. The molecule has 0 radical (unpaired) electrons. The van der Waals surface area contributed by atoms with Gasteiger partial charge >= 0.3 is 5.97 Å². The largest absolute Gasteiger partial charge is 0.461 e. The van der Waals surface area contributed by atoms with Crippen molar-refractivity contribution in [1.29, 1.82) is 0 Å². The van der Waals surface area contributed by atoms with Crippen molar-refractivity contribution in [2.24, 2.45) is 0 Å². The number of aromatic amines is 1. The number of ether oxygens (including phenoxy) is 1. The SMILES string of the molecule is CCOC(=O)c1csc(NCc2cn[nH]c2C)n1. The number of nitrogens with one attached hydrogen (secondary N) is 2. The number of thiazole rings is 1. The minimum atomic E-state index is -0.388. The standard InChI is InChI=1S/C11H14N4O2S/c1-3-17-10(16)9-6-18-11(14-9)12-4-8-5-13-15-7(8)2/h5-6H,3-4H2,1-2H3,(H,12,14)(H,13,15). The van der Waals surface area contributed by atoms with Gasteiger partial charge in [-0.1, -0.05) is 0 Å². The number of rotatable bonds is 5. The molecule has 2 N–H and O–H groups in total. The van der Waals surface area contributed by atoms with Gasteiger partial charge in [0.25, 0.3) is 0 Å². The molecule has 0 saturated carbocycles. The fourth-order valence-electron chi connectivity index (χ4n) is 1.38. The fraction of sp³-hybridized carbons (Fsp3) is 0.364. The van der Waals surface area contributed by atoms with Gasteiger partial charge in [0, 0.05) is 23.2 Å². The zero-order valence-corrected chi connectivity index (χ0v) is 11.0. The van der Waals surface area contributed by atoms with Crippen molar-refractivity contribution in [3.63, 3.8) is 0 Å². The van der Waals surface area contributed by atoms with E-state index in [1.54, 1.807) is 18.5 Å². The highest BCUT2D eigenvalue weighted by Gasteiger charge is 2.11. The minimum absolute atomic E-state index is 0.341. The van der Waals surface area contributed by atoms with Crippen molar-refractivity contribution in [2.75, 3.05) is 11.9 Å². The zero-order chi connectivity index (χ0) is 13.0. The molecule has 0 aliphatic carbocycles. The predicted octanol–water partition coefficient (Wildman–Crippen LogP) is 1.96. The third-order valence-electron chi connectivity index (χ3n) is 2.35. The van der Waals surface area contributed by atoms with Crippen LogP contribution in [-0.4, -0.2) is 27.8 Å². The molecular weight excluding hydrogens is 252 g/mol. The molecule has 0 fully saturated rings. The fourth-order valence-corrected chi connectivity index (χ4v) is 2.06. The molecule has 2 aromatic rings. The number of hydrogen-bond acceptors (Lipinski definition) is 6. The van der Waals surface area contributed by atoms with E-state index in [0.29, 0.717) is 24.0 Å². The van der Waals surface area contributed by atoms with Gasteiger partial charge in [-0.25, -0.2) is 9.78 Å². The molecule has 0 atom stereocenters. The Balaban J connectivity index is 1.95. The number of carbonyl (C=O) groups excluding carboxylic acids is 1. The van der Waals surface area contributed by atoms with Crippen molar-refractivity contribution >= 4 is 22.4 Å². The lowest BCUT2D eigenvalue weighted by atomic mass is 10.3. The summed E-state index contributed by atoms with van der Waals surface area (Å²) in [6, 6.07) is 0. The van der Waals surface area contributed by atoms with Crippen molar-refractivity contribution in [3.8, 4) is 0 Å². The van der Waals surface area contributed by atoms with E-state index >= 15 is 0 Å². The number of hydrogen-bond donors (Lipinski definition) is 2. The summed E-state index contributed by atoms with van der Waals surface area (Å²) in [6.45, 7) is 4.70. The third-order valence-corrected chi connectivity index (χ3v) is 3.15. The van der Waals surface area contributed by atoms with Crippen LogP contribution < -0.4 is 5.32 Å². The molecule has 0 aliphatic rings. The molecule has 0 saturated heterocycles. The first kappa shape index (κ1) is 12.6. The maximum atomic E-state index is 11.4. The summed E-state index contributed by atoms with van der Waals surface area (Å²) < 4.78 is 4.87. The molecule has 7 heteroatoms. The molecular formula is C11H14N4O2S. The smallest absolute Gasteiger partial charge is 0.357 e. The first-order valence-electron chi connectivity index (χ1n) is 5.56. The Morgan fingerprint density at radius 2 is 2.44 bits per heavy atom. The number of nitrogens with zero attached hydrogens (tertiary/aromatic N) is 2. The quantitative estimate of drug-likeness (QED) is 0.809. The molecule has 0 aromatic carbocycles. The number of carbonyl (C=O) groups is 1. The van der Waals surface area contributed by atoms with Crippen molar-refractivity contribution in [1.82, 2.24) is 15.2 Å². The third kappa shape index (κ3) is 2.86. The molecule has 2 rings (SSSR count). The topological polar surface area (TPSA) is 79.9 Å². The van der Waals surface area contributed by atoms with Gasteiger partial charge < -0.3 is 10.1 Å². The second kappa shape index (κ2) is 5.63. The normalized spacial score (nSPS) is 10.3. The van der Waals surface area contributed by atoms with Crippen molar-refractivity contribution in [2.45, 2.75) is 20.4 Å². The van der Waals surface area contributed by atoms with Crippen LogP contribution in [0.15, 0.2) is 11.6 Å². The molecule has 0 bridgehead atoms. The molecule has 6 nitrogen and oxygen atoms in total. The monoisotopic (exact) mass is 266 g/mol. The number of H-pyrrole nitrogens is 1. The van der Waals surface area contributed by atoms with E-state index in [1.807, 2.05) is 6.92 Å². The number of anilines is 1. The Morgan fingerprint density at radius 3 is 3.11 bits per heavy atom. The van der Waals surface area contributed by atoms with Gasteiger partial charge in [-0.3, -0.25) is 5.10 Å². The minimum Gasteiger partial charge on any atom is -0.461 e. The summed E-state index contributed by atoms with van der Waals surface area (Å²) >= 11 is 1.38. The van der Waals surface area contributed by atoms with Crippen LogP contribution >= 0.6 is 11.3 Å². The van der Waals surface area contributed by atoms with E-state index < -0.39 is 0 Å². The van der Waals surface area contributed by atoms with Gasteiger partial charge in [0.15, 0.2) is 10.8 Å². The first-order chi connectivity index (χ1) is 8.70. The first-order valence-corrected chi connectivity index (χ1v) is 6.44. The van der Waals surface area contributed by atoms with Crippen LogP contribution in [0.25, 0.3) is 0 Å². The zero-order valence-electron chi connectivity index (χ0n) is 10.2. The number of aromatic nitrogens is 3. The Bertz CT molecular complexity index is 535. The molecule has 96 valence electrons. The molecule has 2 aromatic heterocycles. The molecule has 2 heterocycles. The summed E-state index contributed by atoms with van der Waals surface area (Å²) in [5.41, 5.74) is 2.43. The number of esters is 1. The summed E-state index contributed by atoms with van der Waals surface area (Å²) in [5, 5.41) is 12.3. The Hall–Kier alpha value is -1.89. The van der Waals surface area contributed by atoms with Gasteiger partial charge in [-0.05, 0) is 13.8 Å². The molecule has 18 heavy (non-hydrogen) atoms. The van der Waals surface area contributed by atoms with Crippen LogP contribution in [0.4, 0.5) is 5.13 Å². The lowest BCUT2D eigenvalue weighted by Crippen LogP contribution is -2.05. The Kier molecular flexibility index (Phi) is 3.93. The van der Waals surface area contributed by atoms with Gasteiger partial charge in [0.05, 0.1) is 12.8 Å². The summed E-state index contributed by atoms with van der Waals surface area (Å²) in [5.74, 6) is -0.388. The maximum absolute atomic E-state index is 11.4. The molecule has 0 aliphatic heterocycles.